The molecular weight excluding hydrogens is 482 g/mol. The van der Waals surface area contributed by atoms with Crippen molar-refractivity contribution in [2.45, 2.75) is 66.2 Å². The third-order valence-electron chi connectivity index (χ3n) is 5.54. The number of thiol groups is 2. The van der Waals surface area contributed by atoms with Crippen molar-refractivity contribution in [3.05, 3.63) is 29.8 Å². The van der Waals surface area contributed by atoms with E-state index in [4.69, 9.17) is 15.2 Å². The van der Waals surface area contributed by atoms with Gasteiger partial charge in [0.15, 0.2) is 10.3 Å². The Hall–Kier alpha value is -2.08. The van der Waals surface area contributed by atoms with Gasteiger partial charge in [-0.05, 0) is 58.4 Å². The average Bonchev–Trinajstić information content (AvgIpc) is 2.76. The molecule has 35 heavy (non-hydrogen) atoms. The van der Waals surface area contributed by atoms with Crippen molar-refractivity contribution in [3.63, 3.8) is 0 Å². The number of amidine groups is 2. The summed E-state index contributed by atoms with van der Waals surface area (Å²) in [6, 6.07) is 7.43. The highest BCUT2D eigenvalue weighted by atomic mass is 32.1. The van der Waals surface area contributed by atoms with Crippen molar-refractivity contribution in [1.29, 1.82) is 0 Å². The molecule has 9 nitrogen and oxygen atoms in total. The number of hydrogen-bond donors (Lipinski definition) is 5. The molecule has 1 rings (SSSR count). The monoisotopic (exact) mass is 523 g/mol. The Morgan fingerprint density at radius 3 is 2.03 bits per heavy atom. The van der Waals surface area contributed by atoms with E-state index in [1.807, 2.05) is 45.0 Å². The Labute approximate surface area is 220 Å². The molecule has 0 fully saturated rings. The third kappa shape index (κ3) is 10.6. The van der Waals surface area contributed by atoms with Gasteiger partial charge in [-0.15, -0.1) is 40.6 Å². The Kier molecular flexibility index (Phi) is 11.8. The van der Waals surface area contributed by atoms with Crippen molar-refractivity contribution in [1.82, 2.24) is 10.6 Å². The van der Waals surface area contributed by atoms with E-state index in [0.717, 1.165) is 11.3 Å². The molecule has 0 spiro atoms. The third-order valence-corrected chi connectivity index (χ3v) is 6.05. The van der Waals surface area contributed by atoms with E-state index in [9.17, 15) is 0 Å². The minimum Gasteiger partial charge on any atom is -0.497 e. The first-order chi connectivity index (χ1) is 16.1. The first-order valence-corrected chi connectivity index (χ1v) is 12.2. The van der Waals surface area contributed by atoms with Crippen molar-refractivity contribution in [3.8, 4) is 5.75 Å². The van der Waals surface area contributed by atoms with Crippen LogP contribution >= 0.6 is 25.3 Å². The molecule has 1 unspecified atom stereocenters. The standard InChI is InChI=1S/C24H41N7O2S2/c1-16(19(29-30-20(34)26-8)17-10-12-18(32-9)13-11-17)28-31-21(35)27-23(5,6)14-15-33-24(7,25)22(2,3)4/h10-13H,14-15,25H2,1-9H3,(H2,26,30,34)(H2,27,31,35)/b28-16+,29-19-. The summed E-state index contributed by atoms with van der Waals surface area (Å²) < 4.78 is 11.2. The number of nitrogens with zero attached hydrogens (tertiary/aromatic N) is 4. The first kappa shape index (κ1) is 31.0. The summed E-state index contributed by atoms with van der Waals surface area (Å²) in [4.78, 5) is 0. The smallest absolute Gasteiger partial charge is 0.180 e. The minimum atomic E-state index is -0.734. The number of methoxy groups -OCH3 is 1. The summed E-state index contributed by atoms with van der Waals surface area (Å²) in [6.07, 6.45) is 0.695. The molecule has 1 aromatic rings. The molecule has 0 saturated heterocycles. The summed E-state index contributed by atoms with van der Waals surface area (Å²) in [7, 11) is 3.33. The maximum atomic E-state index is 6.31. The topological polar surface area (TPSA) is 118 Å². The molecule has 196 valence electrons. The molecule has 0 aliphatic rings. The van der Waals surface area contributed by atoms with Gasteiger partial charge in [0.2, 0.25) is 0 Å². The maximum Gasteiger partial charge on any atom is 0.180 e. The predicted octanol–water partition coefficient (Wildman–Crippen LogP) is 4.06. The lowest BCUT2D eigenvalue weighted by Crippen LogP contribution is -2.52. The molecule has 4 N–H and O–H groups in total. The molecule has 0 radical (unpaired) electrons. The van der Waals surface area contributed by atoms with Gasteiger partial charge in [-0.1, -0.05) is 20.8 Å². The normalized spacial score (nSPS) is 16.1. The molecule has 11 heteroatoms. The molecule has 0 aromatic heterocycles. The Bertz CT molecular complexity index is 948. The van der Waals surface area contributed by atoms with Crippen LogP contribution in [-0.2, 0) is 4.74 Å². The van der Waals surface area contributed by atoms with E-state index in [1.54, 1.807) is 21.1 Å². The first-order valence-electron chi connectivity index (χ1n) is 11.3. The van der Waals surface area contributed by atoms with E-state index < -0.39 is 5.72 Å². The molecule has 1 atom stereocenters. The highest BCUT2D eigenvalue weighted by Crippen LogP contribution is 2.29. The Morgan fingerprint density at radius 2 is 1.51 bits per heavy atom. The highest BCUT2D eigenvalue weighted by molar-refractivity contribution is 7.97. The van der Waals surface area contributed by atoms with Gasteiger partial charge in [0.05, 0.1) is 19.4 Å². The second kappa shape index (κ2) is 13.3. The van der Waals surface area contributed by atoms with Gasteiger partial charge >= 0.3 is 0 Å². The maximum absolute atomic E-state index is 6.31. The fourth-order valence-corrected chi connectivity index (χ4v) is 2.92. The predicted molar refractivity (Wildman–Crippen MR) is 154 cm³/mol. The van der Waals surface area contributed by atoms with Crippen molar-refractivity contribution in [2.24, 2.45) is 31.6 Å². The minimum absolute atomic E-state index is 0.179. The summed E-state index contributed by atoms with van der Waals surface area (Å²) in [5, 5.41) is 23.8. The fraction of sp³-hybridized carbons (Fsp3) is 0.583. The number of nitrogens with one attached hydrogen (secondary N) is 2. The second-order valence-corrected chi connectivity index (χ2v) is 10.8. The summed E-state index contributed by atoms with van der Waals surface area (Å²) in [5.41, 5.74) is 6.95. The summed E-state index contributed by atoms with van der Waals surface area (Å²) in [6.45, 7) is 14.4. The van der Waals surface area contributed by atoms with Crippen LogP contribution in [0.3, 0.4) is 0 Å². The zero-order chi connectivity index (χ0) is 26.9. The Morgan fingerprint density at radius 1 is 0.943 bits per heavy atom. The summed E-state index contributed by atoms with van der Waals surface area (Å²) >= 11 is 8.68. The molecular formula is C24H41N7O2S2. The quantitative estimate of drug-likeness (QED) is 0.104. The number of nitrogens with two attached hydrogens (primary N) is 1. The number of hydrogen-bond acceptors (Lipinski definition) is 7. The zero-order valence-corrected chi connectivity index (χ0v) is 24.1. The van der Waals surface area contributed by atoms with Crippen LogP contribution in [0.15, 0.2) is 44.7 Å². The molecule has 1 aromatic carbocycles. The van der Waals surface area contributed by atoms with Crippen molar-refractivity contribution >= 4 is 47.0 Å². The molecule has 0 bridgehead atoms. The molecule has 0 amide bonds. The van der Waals surface area contributed by atoms with Gasteiger partial charge in [0.25, 0.3) is 0 Å². The van der Waals surface area contributed by atoms with Crippen LogP contribution in [-0.4, -0.2) is 53.8 Å². The van der Waals surface area contributed by atoms with E-state index in [1.165, 1.54) is 0 Å². The molecule has 0 aliphatic heterocycles. The van der Waals surface area contributed by atoms with Crippen LogP contribution in [0.1, 0.15) is 60.5 Å². The molecule has 0 heterocycles. The van der Waals surface area contributed by atoms with Crippen LogP contribution in [0.4, 0.5) is 0 Å². The average molecular weight is 524 g/mol. The lowest BCUT2D eigenvalue weighted by atomic mass is 9.85. The SMILES string of the molecule is CN/C(S)=N/N=C(/C(C)=N/N=C(\S)NC(C)(C)CCOC(C)(N)C(C)(C)C)c1ccc(OC)cc1. The van der Waals surface area contributed by atoms with Crippen LogP contribution < -0.4 is 21.1 Å². The van der Waals surface area contributed by atoms with Crippen molar-refractivity contribution < 1.29 is 9.47 Å². The lowest BCUT2D eigenvalue weighted by molar-refractivity contribution is -0.103. The van der Waals surface area contributed by atoms with Crippen molar-refractivity contribution in [2.75, 3.05) is 20.8 Å². The van der Waals surface area contributed by atoms with Crippen LogP contribution in [0.5, 0.6) is 5.75 Å². The number of rotatable bonds is 10. The van der Waals surface area contributed by atoms with E-state index in [-0.39, 0.29) is 11.0 Å². The van der Waals surface area contributed by atoms with Crippen LogP contribution in [0.25, 0.3) is 0 Å². The van der Waals surface area contributed by atoms with E-state index in [0.29, 0.717) is 34.8 Å². The van der Waals surface area contributed by atoms with Crippen LogP contribution in [0.2, 0.25) is 0 Å². The number of ether oxygens (including phenoxy) is 2. The largest absolute Gasteiger partial charge is 0.497 e. The summed E-state index contributed by atoms with van der Waals surface area (Å²) in [5.74, 6) is 0.736. The van der Waals surface area contributed by atoms with Gasteiger partial charge < -0.3 is 25.8 Å². The van der Waals surface area contributed by atoms with Crippen LogP contribution in [0, 0.1) is 5.41 Å². The lowest BCUT2D eigenvalue weighted by Gasteiger charge is -2.39. The number of benzene rings is 1. The molecule has 0 aliphatic carbocycles. The second-order valence-electron chi connectivity index (χ2n) is 9.92. The van der Waals surface area contributed by atoms with E-state index in [2.05, 4.69) is 77.1 Å². The van der Waals surface area contributed by atoms with Gasteiger partial charge in [0.1, 0.15) is 17.2 Å². The van der Waals surface area contributed by atoms with Gasteiger partial charge in [0, 0.05) is 23.6 Å². The fourth-order valence-electron chi connectivity index (χ4n) is 2.53. The zero-order valence-electron chi connectivity index (χ0n) is 22.3. The van der Waals surface area contributed by atoms with Gasteiger partial charge in [-0.3, -0.25) is 0 Å². The van der Waals surface area contributed by atoms with Gasteiger partial charge in [-0.2, -0.15) is 5.10 Å². The highest BCUT2D eigenvalue weighted by Gasteiger charge is 2.35. The van der Waals surface area contributed by atoms with E-state index >= 15 is 0 Å². The van der Waals surface area contributed by atoms with Gasteiger partial charge in [-0.25, -0.2) is 0 Å². The Balaban J connectivity index is 3.00. The molecule has 0 saturated carbocycles.